The average molecular weight is 296 g/mol. The van der Waals surface area contributed by atoms with Crippen molar-refractivity contribution in [1.82, 2.24) is 5.32 Å². The third kappa shape index (κ3) is 2.79. The van der Waals surface area contributed by atoms with Crippen LogP contribution in [0.2, 0.25) is 0 Å². The van der Waals surface area contributed by atoms with Gasteiger partial charge in [0.2, 0.25) is 0 Å². The second kappa shape index (κ2) is 5.89. The van der Waals surface area contributed by atoms with E-state index >= 15 is 0 Å². The van der Waals surface area contributed by atoms with Crippen molar-refractivity contribution in [3.05, 3.63) is 60.2 Å². The molecule has 2 aromatic carbocycles. The number of aromatic hydroxyl groups is 1. The van der Waals surface area contributed by atoms with Gasteiger partial charge in [0.1, 0.15) is 11.8 Å². The monoisotopic (exact) mass is 296 g/mol. The number of hydrogen-bond donors (Lipinski definition) is 2. The second-order valence-electron chi connectivity index (χ2n) is 5.22. The number of aryl methyl sites for hydroxylation is 1. The van der Waals surface area contributed by atoms with E-state index in [4.69, 9.17) is 0 Å². The Morgan fingerprint density at radius 3 is 2.36 bits per heavy atom. The number of nitrogens with one attached hydrogen (secondary N) is 1. The van der Waals surface area contributed by atoms with Crippen LogP contribution in [0.15, 0.2) is 54.6 Å². The standard InChI is InChI=1S/C17H16N2O3/c20-14-9-6-12(7-10-14)8-11-15-16(21)19(17(22)18-15)13-4-2-1-3-5-13/h1-7,9-10,15,20H,8,11H2,(H,18,22). The SMILES string of the molecule is O=C1NC(CCc2ccc(O)cc2)C(=O)N1c1ccccc1. The van der Waals surface area contributed by atoms with Gasteiger partial charge in [0.25, 0.3) is 5.91 Å². The molecule has 0 spiro atoms. The Morgan fingerprint density at radius 2 is 1.68 bits per heavy atom. The van der Waals surface area contributed by atoms with Crippen LogP contribution in [0.3, 0.4) is 0 Å². The van der Waals surface area contributed by atoms with Crippen molar-refractivity contribution < 1.29 is 14.7 Å². The number of rotatable bonds is 4. The number of nitrogens with zero attached hydrogens (tertiary/aromatic N) is 1. The number of benzene rings is 2. The van der Waals surface area contributed by atoms with Gasteiger partial charge in [-0.05, 0) is 42.7 Å². The van der Waals surface area contributed by atoms with Crippen molar-refractivity contribution in [2.24, 2.45) is 0 Å². The second-order valence-corrected chi connectivity index (χ2v) is 5.22. The summed E-state index contributed by atoms with van der Waals surface area (Å²) in [5, 5.41) is 12.0. The smallest absolute Gasteiger partial charge is 0.329 e. The van der Waals surface area contributed by atoms with Gasteiger partial charge in [-0.25, -0.2) is 9.69 Å². The summed E-state index contributed by atoms with van der Waals surface area (Å²) in [5.41, 5.74) is 1.59. The molecule has 3 rings (SSSR count). The Labute approximate surface area is 128 Å². The molecule has 5 nitrogen and oxygen atoms in total. The van der Waals surface area contributed by atoms with Crippen molar-refractivity contribution in [1.29, 1.82) is 0 Å². The minimum Gasteiger partial charge on any atom is -0.508 e. The number of anilines is 1. The fourth-order valence-electron chi connectivity index (χ4n) is 2.52. The number of amides is 3. The van der Waals surface area contributed by atoms with Crippen LogP contribution in [0.1, 0.15) is 12.0 Å². The lowest BCUT2D eigenvalue weighted by molar-refractivity contribution is -0.118. The first-order valence-electron chi connectivity index (χ1n) is 7.12. The van der Waals surface area contributed by atoms with Crippen LogP contribution in [0, 0.1) is 0 Å². The van der Waals surface area contributed by atoms with Gasteiger partial charge in [0.05, 0.1) is 5.69 Å². The Balaban J connectivity index is 1.68. The van der Waals surface area contributed by atoms with Crippen molar-refractivity contribution >= 4 is 17.6 Å². The molecule has 3 amide bonds. The molecule has 22 heavy (non-hydrogen) atoms. The van der Waals surface area contributed by atoms with Crippen LogP contribution in [0.5, 0.6) is 5.75 Å². The summed E-state index contributed by atoms with van der Waals surface area (Å²) in [4.78, 5) is 25.6. The zero-order valence-electron chi connectivity index (χ0n) is 11.9. The molecular weight excluding hydrogens is 280 g/mol. The van der Waals surface area contributed by atoms with Crippen molar-refractivity contribution in [2.75, 3.05) is 4.90 Å². The normalized spacial score (nSPS) is 17.6. The minimum atomic E-state index is -0.512. The predicted molar refractivity (Wildman–Crippen MR) is 82.7 cm³/mol. The maximum Gasteiger partial charge on any atom is 0.329 e. The molecule has 5 heteroatoms. The molecule has 1 fully saturated rings. The lowest BCUT2D eigenvalue weighted by Gasteiger charge is -2.12. The van der Waals surface area contributed by atoms with Crippen LogP contribution in [-0.2, 0) is 11.2 Å². The number of imide groups is 1. The average Bonchev–Trinajstić information content (AvgIpc) is 2.82. The van der Waals surface area contributed by atoms with E-state index in [1.54, 1.807) is 36.4 Å². The van der Waals surface area contributed by atoms with E-state index < -0.39 is 6.04 Å². The van der Waals surface area contributed by atoms with Gasteiger partial charge in [0.15, 0.2) is 0 Å². The summed E-state index contributed by atoms with van der Waals surface area (Å²) in [5.74, 6) is -0.0146. The summed E-state index contributed by atoms with van der Waals surface area (Å²) in [6, 6.07) is 14.8. The van der Waals surface area contributed by atoms with Crippen LogP contribution >= 0.6 is 0 Å². The summed E-state index contributed by atoms with van der Waals surface area (Å²) in [6.07, 6.45) is 1.18. The number of carbonyl (C=O) groups is 2. The highest BCUT2D eigenvalue weighted by atomic mass is 16.3. The number of urea groups is 1. The van der Waals surface area contributed by atoms with Gasteiger partial charge >= 0.3 is 6.03 Å². The summed E-state index contributed by atoms with van der Waals surface area (Å²) in [6.45, 7) is 0. The molecule has 2 aromatic rings. The third-order valence-electron chi connectivity index (χ3n) is 3.69. The van der Waals surface area contributed by atoms with E-state index in [1.807, 2.05) is 18.2 Å². The Hall–Kier alpha value is -2.82. The van der Waals surface area contributed by atoms with Gasteiger partial charge in [-0.3, -0.25) is 4.79 Å². The van der Waals surface area contributed by atoms with Gasteiger partial charge in [-0.2, -0.15) is 0 Å². The predicted octanol–water partition coefficient (Wildman–Crippen LogP) is 2.45. The first-order chi connectivity index (χ1) is 10.6. The van der Waals surface area contributed by atoms with Gasteiger partial charge < -0.3 is 10.4 Å². The first-order valence-corrected chi connectivity index (χ1v) is 7.12. The Kier molecular flexibility index (Phi) is 3.78. The molecular formula is C17H16N2O3. The highest BCUT2D eigenvalue weighted by molar-refractivity contribution is 6.21. The van der Waals surface area contributed by atoms with Gasteiger partial charge in [-0.15, -0.1) is 0 Å². The molecule has 0 aliphatic carbocycles. The molecule has 0 aromatic heterocycles. The molecule has 2 N–H and O–H groups in total. The molecule has 1 atom stereocenters. The van der Waals surface area contributed by atoms with Crippen LogP contribution in [0.4, 0.5) is 10.5 Å². The summed E-state index contributed by atoms with van der Waals surface area (Å²) in [7, 11) is 0. The van der Waals surface area contributed by atoms with E-state index in [-0.39, 0.29) is 17.7 Å². The molecule has 1 saturated heterocycles. The first kappa shape index (κ1) is 14.1. The highest BCUT2D eigenvalue weighted by Crippen LogP contribution is 2.21. The summed E-state index contributed by atoms with van der Waals surface area (Å²) < 4.78 is 0. The Bertz CT molecular complexity index is 683. The lowest BCUT2D eigenvalue weighted by atomic mass is 10.1. The van der Waals surface area contributed by atoms with E-state index in [1.165, 1.54) is 4.90 Å². The molecule has 112 valence electrons. The fourth-order valence-corrected chi connectivity index (χ4v) is 2.52. The highest BCUT2D eigenvalue weighted by Gasteiger charge is 2.38. The molecule has 1 heterocycles. The molecule has 1 unspecified atom stereocenters. The number of carbonyl (C=O) groups excluding carboxylic acids is 2. The van der Waals surface area contributed by atoms with Gasteiger partial charge in [0, 0.05) is 0 Å². The topological polar surface area (TPSA) is 69.6 Å². The molecule has 0 saturated carbocycles. The zero-order valence-corrected chi connectivity index (χ0v) is 11.9. The van der Waals surface area contributed by atoms with Crippen molar-refractivity contribution in [2.45, 2.75) is 18.9 Å². The number of phenols is 1. The molecule has 0 radical (unpaired) electrons. The van der Waals surface area contributed by atoms with E-state index in [2.05, 4.69) is 5.32 Å². The number of hydrogen-bond acceptors (Lipinski definition) is 3. The van der Waals surface area contributed by atoms with Crippen molar-refractivity contribution in [3.63, 3.8) is 0 Å². The molecule has 1 aliphatic heterocycles. The minimum absolute atomic E-state index is 0.212. The van der Waals surface area contributed by atoms with E-state index in [0.29, 0.717) is 18.5 Å². The Morgan fingerprint density at radius 1 is 1.00 bits per heavy atom. The molecule has 1 aliphatic rings. The third-order valence-corrected chi connectivity index (χ3v) is 3.69. The zero-order chi connectivity index (χ0) is 15.5. The molecule has 0 bridgehead atoms. The number of para-hydroxylation sites is 1. The van der Waals surface area contributed by atoms with E-state index in [0.717, 1.165) is 5.56 Å². The fraction of sp³-hybridized carbons (Fsp3) is 0.176. The van der Waals surface area contributed by atoms with Crippen LogP contribution in [0.25, 0.3) is 0 Å². The van der Waals surface area contributed by atoms with Crippen LogP contribution < -0.4 is 10.2 Å². The maximum absolute atomic E-state index is 12.4. The maximum atomic E-state index is 12.4. The number of phenolic OH excluding ortho intramolecular Hbond substituents is 1. The summed E-state index contributed by atoms with van der Waals surface area (Å²) >= 11 is 0. The van der Waals surface area contributed by atoms with Gasteiger partial charge in [-0.1, -0.05) is 30.3 Å². The van der Waals surface area contributed by atoms with Crippen LogP contribution in [-0.4, -0.2) is 23.1 Å². The van der Waals surface area contributed by atoms with E-state index in [9.17, 15) is 14.7 Å². The largest absolute Gasteiger partial charge is 0.508 e. The lowest BCUT2D eigenvalue weighted by Crippen LogP contribution is -2.31. The van der Waals surface area contributed by atoms with Crippen molar-refractivity contribution in [3.8, 4) is 5.75 Å². The quantitative estimate of drug-likeness (QED) is 0.851.